The second-order valence-corrected chi connectivity index (χ2v) is 8.54. The third kappa shape index (κ3) is 5.89. The van der Waals surface area contributed by atoms with Crippen LogP contribution in [0.25, 0.3) is 11.3 Å². The van der Waals surface area contributed by atoms with Crippen LogP contribution in [0.1, 0.15) is 48.3 Å². The van der Waals surface area contributed by atoms with Gasteiger partial charge in [0.05, 0.1) is 53.8 Å². The summed E-state index contributed by atoms with van der Waals surface area (Å²) < 4.78 is 0. The first kappa shape index (κ1) is 24.9. The van der Waals surface area contributed by atoms with Gasteiger partial charge in [0.1, 0.15) is 11.3 Å². The zero-order valence-electron chi connectivity index (χ0n) is 19.8. The summed E-state index contributed by atoms with van der Waals surface area (Å²) in [4.78, 5) is 18.0. The maximum absolute atomic E-state index is 10.8. The van der Waals surface area contributed by atoms with Crippen LogP contribution in [0.5, 0.6) is 0 Å². The average Bonchev–Trinajstić information content (AvgIpc) is 3.37. The Kier molecular flexibility index (Phi) is 7.95. The van der Waals surface area contributed by atoms with E-state index in [1.54, 1.807) is 24.3 Å². The Morgan fingerprint density at radius 1 is 1.14 bits per heavy atom. The predicted molar refractivity (Wildman–Crippen MR) is 137 cm³/mol. The topological polar surface area (TPSA) is 166 Å². The number of aliphatic imine (C=N–C) groups is 1. The third-order valence-corrected chi connectivity index (χ3v) is 5.99. The van der Waals surface area contributed by atoms with Crippen LogP contribution in [0.2, 0.25) is 0 Å². The quantitative estimate of drug-likeness (QED) is 0.204. The Morgan fingerprint density at radius 2 is 1.94 bits per heavy atom. The molecule has 1 aliphatic rings. The summed E-state index contributed by atoms with van der Waals surface area (Å²) in [7, 11) is 0. The molecule has 0 atom stereocenters. The van der Waals surface area contributed by atoms with Crippen molar-refractivity contribution in [3.05, 3.63) is 71.2 Å². The van der Waals surface area contributed by atoms with Crippen LogP contribution < -0.4 is 11.2 Å². The number of pyridine rings is 1. The summed E-state index contributed by atoms with van der Waals surface area (Å²) in [6, 6.07) is 16.5. The Morgan fingerprint density at radius 3 is 2.69 bits per heavy atom. The molecule has 0 unspecified atom stereocenters. The molecule has 0 saturated heterocycles. The van der Waals surface area contributed by atoms with E-state index in [1.807, 2.05) is 24.3 Å². The highest BCUT2D eigenvalue weighted by Crippen LogP contribution is 2.37. The molecule has 0 spiro atoms. The summed E-state index contributed by atoms with van der Waals surface area (Å²) in [6.07, 6.45) is 4.95. The molecule has 1 saturated carbocycles. The molecule has 0 bridgehead atoms. The van der Waals surface area contributed by atoms with E-state index in [2.05, 4.69) is 36.4 Å². The molecule has 5 N–H and O–H groups in total. The van der Waals surface area contributed by atoms with Crippen molar-refractivity contribution in [1.29, 1.82) is 5.26 Å². The lowest BCUT2D eigenvalue weighted by molar-refractivity contribution is 0.0398. The Balaban J connectivity index is 1.58. The van der Waals surface area contributed by atoms with Crippen molar-refractivity contribution < 1.29 is 10.2 Å². The van der Waals surface area contributed by atoms with Gasteiger partial charge in [-0.3, -0.25) is 9.98 Å². The van der Waals surface area contributed by atoms with E-state index in [0.29, 0.717) is 28.4 Å². The molecule has 1 fully saturated rings. The van der Waals surface area contributed by atoms with E-state index in [-0.39, 0.29) is 25.6 Å². The Labute approximate surface area is 209 Å². The van der Waals surface area contributed by atoms with E-state index >= 15 is 0 Å². The van der Waals surface area contributed by atoms with Gasteiger partial charge in [-0.1, -0.05) is 31.0 Å². The predicted octanol–water partition coefficient (Wildman–Crippen LogP) is 2.51. The van der Waals surface area contributed by atoms with Crippen LogP contribution in [0.15, 0.2) is 58.6 Å². The van der Waals surface area contributed by atoms with Crippen molar-refractivity contribution in [3.8, 4) is 17.3 Å². The normalized spacial score (nSPS) is 15.2. The number of aromatic nitrogens is 3. The summed E-state index contributed by atoms with van der Waals surface area (Å²) in [5.41, 5.74) is 3.09. The smallest absolute Gasteiger partial charge is 0.223 e. The molecule has 10 nitrogen and oxygen atoms in total. The molecular formula is C26H28N8O2. The van der Waals surface area contributed by atoms with Gasteiger partial charge in [-0.05, 0) is 43.2 Å². The second-order valence-electron chi connectivity index (χ2n) is 8.54. The lowest BCUT2D eigenvalue weighted by Crippen LogP contribution is -2.22. The number of rotatable bonds is 9. The molecule has 36 heavy (non-hydrogen) atoms. The third-order valence-electron chi connectivity index (χ3n) is 5.99. The van der Waals surface area contributed by atoms with E-state index < -0.39 is 5.60 Å². The molecule has 2 aromatic heterocycles. The highest BCUT2D eigenvalue weighted by molar-refractivity contribution is 6.37. The summed E-state index contributed by atoms with van der Waals surface area (Å²) in [5, 5.41) is 36.1. The molecule has 3 aromatic rings. The van der Waals surface area contributed by atoms with Crippen molar-refractivity contribution >= 4 is 17.9 Å². The maximum Gasteiger partial charge on any atom is 0.223 e. The van der Waals surface area contributed by atoms with Gasteiger partial charge in [0, 0.05) is 12.1 Å². The van der Waals surface area contributed by atoms with E-state index in [4.69, 9.17) is 5.84 Å². The molecule has 184 valence electrons. The first-order chi connectivity index (χ1) is 17.5. The first-order valence-corrected chi connectivity index (χ1v) is 11.8. The highest BCUT2D eigenvalue weighted by atomic mass is 16.3. The van der Waals surface area contributed by atoms with Crippen molar-refractivity contribution in [2.24, 2.45) is 15.9 Å². The van der Waals surface area contributed by atoms with Crippen LogP contribution in [-0.2, 0) is 12.1 Å². The monoisotopic (exact) mass is 484 g/mol. The van der Waals surface area contributed by atoms with Gasteiger partial charge < -0.3 is 21.4 Å². The number of nitrogens with two attached hydrogens (primary N) is 1. The van der Waals surface area contributed by atoms with Crippen molar-refractivity contribution in [3.63, 3.8) is 0 Å². The number of hydrogen-bond donors (Lipinski definition) is 4. The van der Waals surface area contributed by atoms with Gasteiger partial charge >= 0.3 is 0 Å². The van der Waals surface area contributed by atoms with Gasteiger partial charge in [-0.2, -0.15) is 10.4 Å². The number of hydrogen-bond acceptors (Lipinski definition) is 10. The number of nitriles is 1. The summed E-state index contributed by atoms with van der Waals surface area (Å²) >= 11 is 0. The highest BCUT2D eigenvalue weighted by Gasteiger charge is 2.34. The Hall–Kier alpha value is -4.20. The SMILES string of the molecule is N#Cc1cccc(-c2cc(C(C=NCc3cccc(C4(O)CCCC4)n3)=NN)nc(NCCO)n2)c1. The fraction of sp³-hybridized carbons (Fsp3) is 0.308. The van der Waals surface area contributed by atoms with Crippen LogP contribution in [0.4, 0.5) is 5.95 Å². The molecule has 1 aromatic carbocycles. The largest absolute Gasteiger partial charge is 0.395 e. The zero-order chi connectivity index (χ0) is 25.4. The molecule has 0 aliphatic heterocycles. The molecular weight excluding hydrogens is 456 g/mol. The van der Waals surface area contributed by atoms with Crippen LogP contribution in [-0.4, -0.2) is 50.2 Å². The lowest BCUT2D eigenvalue weighted by atomic mass is 9.97. The number of aliphatic hydroxyl groups excluding tert-OH is 1. The fourth-order valence-electron chi connectivity index (χ4n) is 4.16. The van der Waals surface area contributed by atoms with Gasteiger partial charge in [0.2, 0.25) is 5.95 Å². The van der Waals surface area contributed by atoms with Crippen molar-refractivity contribution in [2.45, 2.75) is 37.8 Å². The van der Waals surface area contributed by atoms with Crippen LogP contribution >= 0.6 is 0 Å². The minimum atomic E-state index is -0.859. The number of nitrogens with zero attached hydrogens (tertiary/aromatic N) is 6. The van der Waals surface area contributed by atoms with Crippen molar-refractivity contribution in [2.75, 3.05) is 18.5 Å². The standard InChI is InChI=1S/C26H28N8O2/c27-15-18-5-3-6-19(13-18)21-14-22(33-25(32-21)30-11-12-35)23(34-28)17-29-16-20-7-4-8-24(31-20)26(36)9-1-2-10-26/h3-8,13-14,17,35-36H,1-2,9-12,16,28H2,(H,30,32,33). The maximum atomic E-state index is 10.8. The zero-order valence-corrected chi connectivity index (χ0v) is 19.8. The molecule has 4 rings (SSSR count). The van der Waals surface area contributed by atoms with Crippen LogP contribution in [0, 0.1) is 11.3 Å². The van der Waals surface area contributed by atoms with Gasteiger partial charge in [-0.25, -0.2) is 9.97 Å². The second kappa shape index (κ2) is 11.5. The number of aliphatic hydroxyl groups is 2. The number of benzene rings is 1. The first-order valence-electron chi connectivity index (χ1n) is 11.8. The molecule has 1 aliphatic carbocycles. The minimum Gasteiger partial charge on any atom is -0.395 e. The number of nitrogens with one attached hydrogen (secondary N) is 1. The Bertz CT molecular complexity index is 1310. The average molecular weight is 485 g/mol. The van der Waals surface area contributed by atoms with Gasteiger partial charge in [-0.15, -0.1) is 0 Å². The summed E-state index contributed by atoms with van der Waals surface area (Å²) in [5.74, 6) is 5.96. The lowest BCUT2D eigenvalue weighted by Gasteiger charge is -2.21. The fourth-order valence-corrected chi connectivity index (χ4v) is 4.16. The van der Waals surface area contributed by atoms with Gasteiger partial charge in [0.25, 0.3) is 0 Å². The van der Waals surface area contributed by atoms with Crippen molar-refractivity contribution in [1.82, 2.24) is 15.0 Å². The van der Waals surface area contributed by atoms with Gasteiger partial charge in [0.15, 0.2) is 0 Å². The molecule has 0 amide bonds. The molecule has 0 radical (unpaired) electrons. The van der Waals surface area contributed by atoms with E-state index in [9.17, 15) is 15.5 Å². The van der Waals surface area contributed by atoms with Crippen LogP contribution in [0.3, 0.4) is 0 Å². The van der Waals surface area contributed by atoms with E-state index in [1.165, 1.54) is 6.21 Å². The minimum absolute atomic E-state index is 0.0900. The summed E-state index contributed by atoms with van der Waals surface area (Å²) in [6.45, 7) is 0.451. The number of anilines is 1. The molecule has 10 heteroatoms. The van der Waals surface area contributed by atoms with E-state index in [0.717, 1.165) is 36.9 Å². The molecule has 2 heterocycles. The number of hydrazone groups is 1.